The second-order valence-electron chi connectivity index (χ2n) is 10.1. The van der Waals surface area contributed by atoms with Crippen LogP contribution >= 0.6 is 0 Å². The lowest BCUT2D eigenvalue weighted by Crippen LogP contribution is -2.45. The van der Waals surface area contributed by atoms with E-state index in [9.17, 15) is 19.5 Å². The third kappa shape index (κ3) is 5.92. The van der Waals surface area contributed by atoms with Gasteiger partial charge in [0.05, 0.1) is 18.0 Å². The smallest absolute Gasteiger partial charge is 0.332 e. The highest BCUT2D eigenvalue weighted by Crippen LogP contribution is 2.34. The number of esters is 1. The molecule has 1 aliphatic rings. The fourth-order valence-corrected chi connectivity index (χ4v) is 5.40. The molecular weight excluding hydrogens is 538 g/mol. The Morgan fingerprint density at radius 1 is 1.07 bits per heavy atom. The molecule has 0 saturated heterocycles. The topological polar surface area (TPSA) is 156 Å². The Hall–Kier alpha value is -4.87. The van der Waals surface area contributed by atoms with Crippen LogP contribution in [-0.4, -0.2) is 71.2 Å². The summed E-state index contributed by atoms with van der Waals surface area (Å²) < 4.78 is 6.87. The van der Waals surface area contributed by atoms with E-state index in [0.29, 0.717) is 36.6 Å². The molecule has 2 aromatic heterocycles. The van der Waals surface area contributed by atoms with E-state index in [1.54, 1.807) is 6.92 Å². The quantitative estimate of drug-likeness (QED) is 0.203. The number of tetrazole rings is 1. The van der Waals surface area contributed by atoms with E-state index < -0.39 is 30.3 Å². The van der Waals surface area contributed by atoms with E-state index in [1.165, 1.54) is 4.90 Å². The minimum Gasteiger partial charge on any atom is -0.479 e. The molecule has 12 nitrogen and oxygen atoms in total. The van der Waals surface area contributed by atoms with E-state index in [4.69, 9.17) is 9.72 Å². The number of rotatable bonds is 11. The van der Waals surface area contributed by atoms with Crippen LogP contribution in [0.15, 0.2) is 48.5 Å². The van der Waals surface area contributed by atoms with Gasteiger partial charge in [-0.15, -0.1) is 10.2 Å². The van der Waals surface area contributed by atoms with Crippen LogP contribution in [0.4, 0.5) is 0 Å². The first kappa shape index (κ1) is 28.7. The van der Waals surface area contributed by atoms with Gasteiger partial charge in [0, 0.05) is 31.5 Å². The van der Waals surface area contributed by atoms with Gasteiger partial charge in [0.15, 0.2) is 6.04 Å². The predicted octanol–water partition coefficient (Wildman–Crippen LogP) is 3.58. The fourth-order valence-electron chi connectivity index (χ4n) is 5.40. The van der Waals surface area contributed by atoms with Crippen LogP contribution in [-0.2, 0) is 38.5 Å². The molecule has 0 fully saturated rings. The minimum absolute atomic E-state index is 0.146. The SMILES string of the molecule is CCCCc1nc2c(n1Cc1ccc(-c3ccccc3-c3nn[nH]n3)cc1)C(C(=O)O)N(C(=O)CC(=O)OCC)CC2. The summed E-state index contributed by atoms with van der Waals surface area (Å²) in [5, 5.41) is 24.7. The lowest BCUT2D eigenvalue weighted by atomic mass is 9.98. The van der Waals surface area contributed by atoms with Crippen LogP contribution in [0.5, 0.6) is 0 Å². The summed E-state index contributed by atoms with van der Waals surface area (Å²) in [7, 11) is 0. The van der Waals surface area contributed by atoms with Crippen molar-refractivity contribution in [1.29, 1.82) is 0 Å². The Bertz CT molecular complexity index is 1560. The molecule has 42 heavy (non-hydrogen) atoms. The second kappa shape index (κ2) is 12.8. The number of fused-ring (bicyclic) bond motifs is 1. The molecule has 5 rings (SSSR count). The first-order valence-corrected chi connectivity index (χ1v) is 14.1. The van der Waals surface area contributed by atoms with Crippen molar-refractivity contribution in [2.45, 2.75) is 58.5 Å². The van der Waals surface area contributed by atoms with Gasteiger partial charge in [-0.05, 0) is 35.2 Å². The van der Waals surface area contributed by atoms with Gasteiger partial charge in [0.1, 0.15) is 12.2 Å². The van der Waals surface area contributed by atoms with Crippen molar-refractivity contribution in [3.8, 4) is 22.5 Å². The number of aliphatic carboxylic acids is 1. The molecular formula is C30H33N7O5. The van der Waals surface area contributed by atoms with Gasteiger partial charge in [-0.3, -0.25) is 9.59 Å². The van der Waals surface area contributed by atoms with E-state index >= 15 is 0 Å². The second-order valence-corrected chi connectivity index (χ2v) is 10.1. The summed E-state index contributed by atoms with van der Waals surface area (Å²) in [6, 6.07) is 14.6. The van der Waals surface area contributed by atoms with Gasteiger partial charge in [0.25, 0.3) is 0 Å². The zero-order valence-electron chi connectivity index (χ0n) is 23.6. The first-order valence-electron chi connectivity index (χ1n) is 14.1. The largest absolute Gasteiger partial charge is 0.479 e. The van der Waals surface area contributed by atoms with Crippen molar-refractivity contribution in [1.82, 2.24) is 35.1 Å². The number of unbranched alkanes of at least 4 members (excludes halogenated alkanes) is 1. The Kier molecular flexibility index (Phi) is 8.70. The molecule has 1 unspecified atom stereocenters. The van der Waals surface area contributed by atoms with E-state index in [-0.39, 0.29) is 13.2 Å². The van der Waals surface area contributed by atoms with Crippen LogP contribution < -0.4 is 0 Å². The molecule has 218 valence electrons. The first-order chi connectivity index (χ1) is 20.4. The molecule has 3 heterocycles. The maximum atomic E-state index is 13.1. The van der Waals surface area contributed by atoms with Crippen LogP contribution in [0.1, 0.15) is 61.9 Å². The number of aromatic amines is 1. The summed E-state index contributed by atoms with van der Waals surface area (Å²) in [4.78, 5) is 43.8. The Balaban J connectivity index is 1.47. The van der Waals surface area contributed by atoms with Gasteiger partial charge in [-0.25, -0.2) is 9.78 Å². The normalized spacial score (nSPS) is 14.4. The number of nitrogens with zero attached hydrogens (tertiary/aromatic N) is 6. The van der Waals surface area contributed by atoms with Crippen LogP contribution in [0.2, 0.25) is 0 Å². The van der Waals surface area contributed by atoms with Crippen LogP contribution in [0, 0.1) is 0 Å². The molecule has 1 amide bonds. The van der Waals surface area contributed by atoms with Crippen molar-refractivity contribution in [2.75, 3.05) is 13.2 Å². The fraction of sp³-hybridized carbons (Fsp3) is 0.367. The van der Waals surface area contributed by atoms with Crippen LogP contribution in [0.25, 0.3) is 22.5 Å². The Morgan fingerprint density at radius 3 is 2.50 bits per heavy atom. The number of nitrogens with one attached hydrogen (secondary N) is 1. The maximum Gasteiger partial charge on any atom is 0.332 e. The number of carboxylic acids is 1. The van der Waals surface area contributed by atoms with Crippen molar-refractivity contribution in [3.63, 3.8) is 0 Å². The van der Waals surface area contributed by atoms with E-state index in [1.807, 2.05) is 53.1 Å². The highest BCUT2D eigenvalue weighted by Gasteiger charge is 2.40. The molecule has 12 heteroatoms. The predicted molar refractivity (Wildman–Crippen MR) is 152 cm³/mol. The highest BCUT2D eigenvalue weighted by atomic mass is 16.5. The number of carboxylic acid groups (broad SMARTS) is 1. The van der Waals surface area contributed by atoms with Crippen molar-refractivity contribution in [3.05, 3.63) is 71.3 Å². The Labute approximate surface area is 242 Å². The molecule has 0 spiro atoms. The van der Waals surface area contributed by atoms with Gasteiger partial charge in [0.2, 0.25) is 11.7 Å². The number of ether oxygens (including phenoxy) is 1. The zero-order valence-corrected chi connectivity index (χ0v) is 23.6. The average molecular weight is 572 g/mol. The standard InChI is InChI=1S/C30H33N7O5/c1-3-5-10-24-31-23-15-16-36(25(38)17-26(39)42-4-2)28(30(40)41)27(23)37(24)18-19-11-13-20(14-12-19)21-8-6-7-9-22(21)29-32-34-35-33-29/h6-9,11-14,28H,3-5,10,15-18H2,1-2H3,(H,40,41)(H,32,33,34,35). The summed E-state index contributed by atoms with van der Waals surface area (Å²) >= 11 is 0. The van der Waals surface area contributed by atoms with E-state index in [0.717, 1.165) is 40.9 Å². The molecule has 0 aliphatic carbocycles. The maximum absolute atomic E-state index is 13.1. The number of hydrogen-bond donors (Lipinski definition) is 2. The molecule has 1 aliphatic heterocycles. The average Bonchev–Trinajstić information content (AvgIpc) is 3.65. The van der Waals surface area contributed by atoms with Gasteiger partial charge in [-0.2, -0.15) is 5.21 Å². The zero-order chi connectivity index (χ0) is 29.6. The number of benzene rings is 2. The minimum atomic E-state index is -1.25. The number of aromatic nitrogens is 6. The van der Waals surface area contributed by atoms with E-state index in [2.05, 4.69) is 27.5 Å². The number of aryl methyl sites for hydroxylation is 1. The Morgan fingerprint density at radius 2 is 1.83 bits per heavy atom. The molecule has 4 aromatic rings. The monoisotopic (exact) mass is 571 g/mol. The van der Waals surface area contributed by atoms with Gasteiger partial charge in [-0.1, -0.05) is 61.9 Å². The molecule has 0 radical (unpaired) electrons. The highest BCUT2D eigenvalue weighted by molar-refractivity contribution is 5.96. The lowest BCUT2D eigenvalue weighted by molar-refractivity contribution is -0.156. The van der Waals surface area contributed by atoms with Crippen molar-refractivity contribution < 1.29 is 24.2 Å². The summed E-state index contributed by atoms with van der Waals surface area (Å²) in [5.41, 5.74) is 4.89. The molecule has 2 aromatic carbocycles. The van der Waals surface area contributed by atoms with Crippen molar-refractivity contribution in [2.24, 2.45) is 0 Å². The lowest BCUT2D eigenvalue weighted by Gasteiger charge is -2.33. The van der Waals surface area contributed by atoms with Gasteiger partial charge < -0.3 is 19.3 Å². The summed E-state index contributed by atoms with van der Waals surface area (Å²) in [5.74, 6) is -1.11. The molecule has 1 atom stereocenters. The van der Waals surface area contributed by atoms with Crippen LogP contribution in [0.3, 0.4) is 0 Å². The van der Waals surface area contributed by atoms with Crippen molar-refractivity contribution >= 4 is 17.8 Å². The summed E-state index contributed by atoms with van der Waals surface area (Å²) in [6.07, 6.45) is 2.44. The molecule has 0 saturated carbocycles. The third-order valence-corrected chi connectivity index (χ3v) is 7.35. The summed E-state index contributed by atoms with van der Waals surface area (Å²) in [6.45, 7) is 4.45. The molecule has 2 N–H and O–H groups in total. The third-order valence-electron chi connectivity index (χ3n) is 7.35. The molecule has 0 bridgehead atoms. The number of H-pyrrole nitrogens is 1. The number of carbonyl (C=O) groups excluding carboxylic acids is 2. The number of amides is 1. The number of imidazole rings is 1. The number of carbonyl (C=O) groups is 3. The van der Waals surface area contributed by atoms with Gasteiger partial charge >= 0.3 is 11.9 Å². The number of hydrogen-bond acceptors (Lipinski definition) is 8.